The number of amides is 1. The SMILES string of the molecule is COC(=O)C1=C(Nc2ccc(C#N)cc2I)C(=O)N(CCO)C1. The number of β-amino-alcohol motifs (C(OH)–C–C–N with tert-alkyl or cyclic N) is 1. The molecule has 0 bridgehead atoms. The van der Waals surface area contributed by atoms with Crippen LogP contribution in [0.5, 0.6) is 0 Å². The quantitative estimate of drug-likeness (QED) is 0.534. The lowest BCUT2D eigenvalue weighted by Crippen LogP contribution is -2.31. The number of anilines is 1. The minimum absolute atomic E-state index is 0.0846. The third kappa shape index (κ3) is 3.62. The molecule has 1 aromatic carbocycles. The first-order valence-electron chi connectivity index (χ1n) is 6.70. The summed E-state index contributed by atoms with van der Waals surface area (Å²) in [5.41, 5.74) is 1.46. The van der Waals surface area contributed by atoms with E-state index in [9.17, 15) is 9.59 Å². The first-order valence-corrected chi connectivity index (χ1v) is 7.78. The number of methoxy groups -OCH3 is 1. The van der Waals surface area contributed by atoms with Crippen LogP contribution in [0.1, 0.15) is 5.56 Å². The molecule has 1 aliphatic heterocycles. The van der Waals surface area contributed by atoms with E-state index in [1.807, 2.05) is 28.7 Å². The minimum Gasteiger partial charge on any atom is -0.466 e. The molecular formula is C15H14IN3O4. The van der Waals surface area contributed by atoms with E-state index in [2.05, 4.69) is 5.32 Å². The molecule has 1 aliphatic rings. The van der Waals surface area contributed by atoms with Crippen LogP contribution in [0.4, 0.5) is 5.69 Å². The molecule has 23 heavy (non-hydrogen) atoms. The van der Waals surface area contributed by atoms with Gasteiger partial charge in [-0.15, -0.1) is 0 Å². The number of nitrogens with one attached hydrogen (secondary N) is 1. The summed E-state index contributed by atoms with van der Waals surface area (Å²) in [6, 6.07) is 7.00. The molecule has 7 nitrogen and oxygen atoms in total. The van der Waals surface area contributed by atoms with Crippen molar-refractivity contribution in [2.75, 3.05) is 32.1 Å². The third-order valence-electron chi connectivity index (χ3n) is 3.31. The standard InChI is InChI=1S/C15H14IN3O4/c1-23-15(22)10-8-19(4-5-20)14(21)13(10)18-12-3-2-9(7-17)6-11(12)16/h2-3,6,18,20H,4-5,8H2,1H3. The van der Waals surface area contributed by atoms with Crippen LogP contribution >= 0.6 is 22.6 Å². The van der Waals surface area contributed by atoms with E-state index in [4.69, 9.17) is 15.1 Å². The molecule has 0 saturated carbocycles. The van der Waals surface area contributed by atoms with Gasteiger partial charge in [0.1, 0.15) is 5.70 Å². The zero-order chi connectivity index (χ0) is 17.0. The Morgan fingerprint density at radius 3 is 2.87 bits per heavy atom. The summed E-state index contributed by atoms with van der Waals surface area (Å²) >= 11 is 2.04. The Balaban J connectivity index is 2.35. The molecule has 8 heteroatoms. The van der Waals surface area contributed by atoms with E-state index in [0.29, 0.717) is 11.3 Å². The summed E-state index contributed by atoms with van der Waals surface area (Å²) in [4.78, 5) is 25.7. The van der Waals surface area contributed by atoms with Gasteiger partial charge in [-0.2, -0.15) is 5.26 Å². The zero-order valence-corrected chi connectivity index (χ0v) is 14.5. The van der Waals surface area contributed by atoms with Crippen molar-refractivity contribution >= 4 is 40.2 Å². The Morgan fingerprint density at radius 1 is 1.57 bits per heavy atom. The lowest BCUT2D eigenvalue weighted by atomic mass is 10.2. The number of nitrogens with zero attached hydrogens (tertiary/aromatic N) is 2. The molecule has 2 N–H and O–H groups in total. The van der Waals surface area contributed by atoms with Gasteiger partial charge in [0, 0.05) is 10.1 Å². The molecule has 0 spiro atoms. The number of hydrogen-bond donors (Lipinski definition) is 2. The lowest BCUT2D eigenvalue weighted by Gasteiger charge is -2.15. The van der Waals surface area contributed by atoms with Crippen molar-refractivity contribution in [1.29, 1.82) is 5.26 Å². The van der Waals surface area contributed by atoms with Gasteiger partial charge < -0.3 is 20.1 Å². The third-order valence-corrected chi connectivity index (χ3v) is 4.20. The Kier molecular flexibility index (Phi) is 5.57. The lowest BCUT2D eigenvalue weighted by molar-refractivity contribution is -0.136. The van der Waals surface area contributed by atoms with Gasteiger partial charge in [-0.25, -0.2) is 4.79 Å². The highest BCUT2D eigenvalue weighted by Gasteiger charge is 2.34. The van der Waals surface area contributed by atoms with Crippen molar-refractivity contribution in [2.24, 2.45) is 0 Å². The number of benzene rings is 1. The smallest absolute Gasteiger partial charge is 0.337 e. The van der Waals surface area contributed by atoms with Gasteiger partial charge in [-0.1, -0.05) is 0 Å². The van der Waals surface area contributed by atoms with Crippen LogP contribution in [0, 0.1) is 14.9 Å². The summed E-state index contributed by atoms with van der Waals surface area (Å²) in [6.45, 7) is 0.0259. The molecule has 0 aromatic heterocycles. The van der Waals surface area contributed by atoms with Gasteiger partial charge in [0.15, 0.2) is 0 Å². The molecule has 0 unspecified atom stereocenters. The summed E-state index contributed by atoms with van der Waals surface area (Å²) in [5, 5.41) is 20.9. The number of aliphatic hydroxyl groups excluding tert-OH is 1. The Hall–Kier alpha value is -2.12. The number of esters is 1. The fraction of sp³-hybridized carbons (Fsp3) is 0.267. The van der Waals surface area contributed by atoms with Gasteiger partial charge in [-0.05, 0) is 40.8 Å². The van der Waals surface area contributed by atoms with Crippen LogP contribution in [-0.2, 0) is 14.3 Å². The number of rotatable bonds is 5. The van der Waals surface area contributed by atoms with Gasteiger partial charge in [0.25, 0.3) is 5.91 Å². The van der Waals surface area contributed by atoms with Crippen molar-refractivity contribution in [3.8, 4) is 6.07 Å². The van der Waals surface area contributed by atoms with E-state index in [0.717, 1.165) is 3.57 Å². The second-order valence-electron chi connectivity index (χ2n) is 4.73. The topological polar surface area (TPSA) is 103 Å². The summed E-state index contributed by atoms with van der Waals surface area (Å²) < 4.78 is 5.46. The van der Waals surface area contributed by atoms with Crippen LogP contribution in [0.3, 0.4) is 0 Å². The zero-order valence-electron chi connectivity index (χ0n) is 12.3. The predicted octanol–water partition coefficient (Wildman–Crippen LogP) is 0.836. The number of ether oxygens (including phenoxy) is 1. The number of nitriles is 1. The van der Waals surface area contributed by atoms with Gasteiger partial charge in [0.2, 0.25) is 0 Å². The number of aliphatic hydroxyl groups is 1. The number of halogens is 1. The molecular weight excluding hydrogens is 413 g/mol. The maximum Gasteiger partial charge on any atom is 0.337 e. The van der Waals surface area contributed by atoms with Crippen molar-refractivity contribution in [1.82, 2.24) is 4.90 Å². The van der Waals surface area contributed by atoms with Crippen molar-refractivity contribution in [3.63, 3.8) is 0 Å². The van der Waals surface area contributed by atoms with E-state index < -0.39 is 5.97 Å². The normalized spacial score (nSPS) is 14.0. The van der Waals surface area contributed by atoms with Gasteiger partial charge >= 0.3 is 5.97 Å². The molecule has 120 valence electrons. The fourth-order valence-electron chi connectivity index (χ4n) is 2.17. The highest BCUT2D eigenvalue weighted by Crippen LogP contribution is 2.26. The monoisotopic (exact) mass is 427 g/mol. The first kappa shape index (κ1) is 17.2. The molecule has 0 fully saturated rings. The van der Waals surface area contributed by atoms with Gasteiger partial charge in [0.05, 0.1) is 43.2 Å². The van der Waals surface area contributed by atoms with Crippen LogP contribution < -0.4 is 5.32 Å². The van der Waals surface area contributed by atoms with Gasteiger partial charge in [-0.3, -0.25) is 4.79 Å². The maximum absolute atomic E-state index is 12.4. The minimum atomic E-state index is -0.593. The fourth-order valence-corrected chi connectivity index (χ4v) is 2.82. The highest BCUT2D eigenvalue weighted by atomic mass is 127. The average molecular weight is 427 g/mol. The second-order valence-corrected chi connectivity index (χ2v) is 5.89. The van der Waals surface area contributed by atoms with Crippen LogP contribution in [0.25, 0.3) is 0 Å². The predicted molar refractivity (Wildman–Crippen MR) is 90.2 cm³/mol. The van der Waals surface area contributed by atoms with Crippen LogP contribution in [0.2, 0.25) is 0 Å². The molecule has 0 saturated heterocycles. The molecule has 1 amide bonds. The second kappa shape index (κ2) is 7.43. The Morgan fingerprint density at radius 2 is 2.30 bits per heavy atom. The molecule has 0 aliphatic carbocycles. The van der Waals surface area contributed by atoms with E-state index in [-0.39, 0.29) is 36.9 Å². The Labute approximate surface area is 146 Å². The van der Waals surface area contributed by atoms with E-state index >= 15 is 0 Å². The van der Waals surface area contributed by atoms with Crippen molar-refractivity contribution in [3.05, 3.63) is 38.6 Å². The van der Waals surface area contributed by atoms with E-state index in [1.54, 1.807) is 18.2 Å². The molecule has 1 aromatic rings. The van der Waals surface area contributed by atoms with Crippen molar-refractivity contribution < 1.29 is 19.4 Å². The highest BCUT2D eigenvalue weighted by molar-refractivity contribution is 14.1. The number of carbonyl (C=O) groups is 2. The molecule has 0 radical (unpaired) electrons. The molecule has 1 heterocycles. The van der Waals surface area contributed by atoms with Crippen LogP contribution in [0.15, 0.2) is 29.5 Å². The first-order chi connectivity index (χ1) is 11.0. The maximum atomic E-state index is 12.4. The summed E-state index contributed by atoms with van der Waals surface area (Å²) in [7, 11) is 1.25. The number of carbonyl (C=O) groups excluding carboxylic acids is 2. The summed E-state index contributed by atoms with van der Waals surface area (Å²) in [6.07, 6.45) is 0. The summed E-state index contributed by atoms with van der Waals surface area (Å²) in [5.74, 6) is -0.968. The molecule has 0 atom stereocenters. The van der Waals surface area contributed by atoms with Crippen molar-refractivity contribution in [2.45, 2.75) is 0 Å². The number of hydrogen-bond acceptors (Lipinski definition) is 6. The average Bonchev–Trinajstić information content (AvgIpc) is 2.85. The van der Waals surface area contributed by atoms with Crippen LogP contribution in [-0.4, -0.2) is 48.7 Å². The van der Waals surface area contributed by atoms with E-state index in [1.165, 1.54) is 12.0 Å². The largest absolute Gasteiger partial charge is 0.466 e. The molecule has 2 rings (SSSR count). The Bertz CT molecular complexity index is 724.